The lowest BCUT2D eigenvalue weighted by atomic mass is 9.95. The molecule has 0 saturated carbocycles. The van der Waals surface area contributed by atoms with Crippen molar-refractivity contribution in [1.82, 2.24) is 0 Å². The second kappa shape index (κ2) is 38.8. The average Bonchev–Trinajstić information content (AvgIpc) is 3.11. The van der Waals surface area contributed by atoms with Gasteiger partial charge in [0.15, 0.2) is 0 Å². The van der Waals surface area contributed by atoms with Crippen LogP contribution in [0, 0.1) is 11.8 Å². The first-order valence-electron chi connectivity index (χ1n) is 22.3. The molecule has 0 unspecified atom stereocenters. The number of unbranched alkanes of at least 4 members (excludes halogenated alkanes) is 20. The summed E-state index contributed by atoms with van der Waals surface area (Å²) in [4.78, 5) is 37.0. The fraction of sp³-hybridized carbons (Fsp3) is 0.933. The number of ketones is 1. The molecule has 0 N–H and O–H groups in total. The van der Waals surface area contributed by atoms with Crippen LogP contribution in [0.5, 0.6) is 0 Å². The molecule has 0 rings (SSSR count). The third kappa shape index (κ3) is 35.0. The average molecular weight is 707 g/mol. The van der Waals surface area contributed by atoms with Crippen molar-refractivity contribution >= 4 is 17.7 Å². The topological polar surface area (TPSA) is 69.7 Å². The minimum Gasteiger partial charge on any atom is -0.465 e. The van der Waals surface area contributed by atoms with Gasteiger partial charge in [-0.2, -0.15) is 0 Å². The summed E-state index contributed by atoms with van der Waals surface area (Å²) >= 11 is 0. The predicted molar refractivity (Wildman–Crippen MR) is 214 cm³/mol. The molecule has 296 valence electrons. The molecule has 0 heterocycles. The summed E-state index contributed by atoms with van der Waals surface area (Å²) in [6.07, 6.45) is 37.7. The van der Waals surface area contributed by atoms with Crippen LogP contribution in [0.25, 0.3) is 0 Å². The summed E-state index contributed by atoms with van der Waals surface area (Å²) < 4.78 is 11.4. The molecule has 0 amide bonds. The van der Waals surface area contributed by atoms with Crippen LogP contribution in [-0.2, 0) is 23.9 Å². The summed E-state index contributed by atoms with van der Waals surface area (Å²) in [7, 11) is 0. The number of hydrogen-bond acceptors (Lipinski definition) is 5. The molecule has 0 fully saturated rings. The molecule has 50 heavy (non-hydrogen) atoms. The summed E-state index contributed by atoms with van der Waals surface area (Å²) in [5.41, 5.74) is 0. The SMILES string of the molecule is CCCCCCC(CCCCCC)COC(=O)CCCCCCCC(=O)CCCCCCCC(=O)OCC(CCCCCC)CCCCCC. The van der Waals surface area contributed by atoms with Gasteiger partial charge in [-0.3, -0.25) is 14.4 Å². The van der Waals surface area contributed by atoms with Crippen molar-refractivity contribution in [3.05, 3.63) is 0 Å². The molecule has 0 radical (unpaired) electrons. The largest absolute Gasteiger partial charge is 0.465 e. The van der Waals surface area contributed by atoms with Gasteiger partial charge in [0.25, 0.3) is 0 Å². The summed E-state index contributed by atoms with van der Waals surface area (Å²) in [5, 5.41) is 0. The lowest BCUT2D eigenvalue weighted by Gasteiger charge is -2.17. The second-order valence-corrected chi connectivity index (χ2v) is 15.6. The summed E-state index contributed by atoms with van der Waals surface area (Å²) in [6.45, 7) is 10.2. The molecular weight excluding hydrogens is 620 g/mol. The van der Waals surface area contributed by atoms with Gasteiger partial charge in [-0.05, 0) is 63.2 Å². The van der Waals surface area contributed by atoms with Crippen molar-refractivity contribution in [2.24, 2.45) is 11.8 Å². The van der Waals surface area contributed by atoms with Crippen molar-refractivity contribution in [1.29, 1.82) is 0 Å². The van der Waals surface area contributed by atoms with Crippen LogP contribution >= 0.6 is 0 Å². The maximum Gasteiger partial charge on any atom is 0.305 e. The number of rotatable bonds is 40. The van der Waals surface area contributed by atoms with E-state index in [-0.39, 0.29) is 11.9 Å². The molecule has 5 heteroatoms. The maximum atomic E-state index is 12.3. The molecule has 0 aliphatic carbocycles. The highest BCUT2D eigenvalue weighted by atomic mass is 16.5. The van der Waals surface area contributed by atoms with E-state index in [9.17, 15) is 14.4 Å². The molecule has 0 aromatic carbocycles. The van der Waals surface area contributed by atoms with Crippen LogP contribution in [0.1, 0.15) is 246 Å². The first-order chi connectivity index (χ1) is 24.5. The highest BCUT2D eigenvalue weighted by Gasteiger charge is 2.14. The zero-order chi connectivity index (χ0) is 36.8. The minimum atomic E-state index is -0.0302. The van der Waals surface area contributed by atoms with E-state index in [4.69, 9.17) is 9.47 Å². The van der Waals surface area contributed by atoms with Crippen molar-refractivity contribution in [2.75, 3.05) is 13.2 Å². The van der Waals surface area contributed by atoms with Crippen LogP contribution in [0.2, 0.25) is 0 Å². The zero-order valence-electron chi connectivity index (χ0n) is 34.2. The van der Waals surface area contributed by atoms with Crippen molar-refractivity contribution < 1.29 is 23.9 Å². The molecule has 0 aromatic heterocycles. The fourth-order valence-electron chi connectivity index (χ4n) is 7.00. The Bertz CT molecular complexity index is 666. The Labute approximate surface area is 312 Å². The van der Waals surface area contributed by atoms with Crippen LogP contribution in [0.4, 0.5) is 0 Å². The maximum absolute atomic E-state index is 12.3. The third-order valence-electron chi connectivity index (χ3n) is 10.5. The van der Waals surface area contributed by atoms with Gasteiger partial charge in [-0.15, -0.1) is 0 Å². The Hall–Kier alpha value is -1.39. The van der Waals surface area contributed by atoms with Gasteiger partial charge in [0.2, 0.25) is 0 Å². The Morgan fingerprint density at radius 1 is 0.340 bits per heavy atom. The Kier molecular flexibility index (Phi) is 37.8. The molecule has 0 saturated heterocycles. The van der Waals surface area contributed by atoms with Gasteiger partial charge in [-0.25, -0.2) is 0 Å². The van der Waals surface area contributed by atoms with E-state index in [1.54, 1.807) is 0 Å². The van der Waals surface area contributed by atoms with Gasteiger partial charge in [-0.1, -0.05) is 169 Å². The van der Waals surface area contributed by atoms with Gasteiger partial charge in [0.1, 0.15) is 5.78 Å². The van der Waals surface area contributed by atoms with Crippen molar-refractivity contribution in [3.63, 3.8) is 0 Å². The van der Waals surface area contributed by atoms with E-state index < -0.39 is 0 Å². The third-order valence-corrected chi connectivity index (χ3v) is 10.5. The lowest BCUT2D eigenvalue weighted by molar-refractivity contribution is -0.146. The first kappa shape index (κ1) is 48.6. The Morgan fingerprint density at radius 2 is 0.600 bits per heavy atom. The molecule has 0 bridgehead atoms. The number of hydrogen-bond donors (Lipinski definition) is 0. The molecule has 0 aliphatic rings. The van der Waals surface area contributed by atoms with Crippen LogP contribution in [-0.4, -0.2) is 30.9 Å². The van der Waals surface area contributed by atoms with Crippen molar-refractivity contribution in [3.8, 4) is 0 Å². The first-order valence-corrected chi connectivity index (χ1v) is 22.3. The van der Waals surface area contributed by atoms with Crippen molar-refractivity contribution in [2.45, 2.75) is 246 Å². The zero-order valence-corrected chi connectivity index (χ0v) is 34.2. The molecule has 0 spiro atoms. The number of ether oxygens (including phenoxy) is 2. The quantitative estimate of drug-likeness (QED) is 0.0468. The number of carbonyl (C=O) groups is 3. The predicted octanol–water partition coefficient (Wildman–Crippen LogP) is 14.2. The van der Waals surface area contributed by atoms with Gasteiger partial charge < -0.3 is 9.47 Å². The van der Waals surface area contributed by atoms with E-state index in [1.165, 1.54) is 128 Å². The molecule has 0 aliphatic heterocycles. The molecule has 5 nitrogen and oxygen atoms in total. The van der Waals surface area contributed by atoms with Crippen LogP contribution in [0.15, 0.2) is 0 Å². The van der Waals surface area contributed by atoms with Gasteiger partial charge >= 0.3 is 11.9 Å². The Morgan fingerprint density at radius 3 is 0.900 bits per heavy atom. The Balaban J connectivity index is 3.82. The standard InChI is InChI=1S/C45H86O5/c1-5-9-13-23-31-41(32-24-14-10-6-2)39-49-44(47)37-29-21-17-19-27-35-43(46)36-28-20-18-22-30-38-45(48)50-40-42(33-25-15-11-7-3)34-26-16-12-8-4/h41-42H,5-40H2,1-4H3. The van der Waals surface area contributed by atoms with Crippen LogP contribution in [0.3, 0.4) is 0 Å². The highest BCUT2D eigenvalue weighted by Crippen LogP contribution is 2.21. The number of carbonyl (C=O) groups excluding carboxylic acids is 3. The van der Waals surface area contributed by atoms with Crippen LogP contribution < -0.4 is 0 Å². The molecule has 0 atom stereocenters. The fourth-order valence-corrected chi connectivity index (χ4v) is 7.00. The second-order valence-electron chi connectivity index (χ2n) is 15.6. The normalized spacial score (nSPS) is 11.5. The van der Waals surface area contributed by atoms with E-state index in [0.29, 0.717) is 56.5 Å². The van der Waals surface area contributed by atoms with Gasteiger partial charge in [0, 0.05) is 25.7 Å². The van der Waals surface area contributed by atoms with E-state index in [2.05, 4.69) is 27.7 Å². The highest BCUT2D eigenvalue weighted by molar-refractivity contribution is 5.78. The molecule has 0 aromatic rings. The summed E-state index contributed by atoms with van der Waals surface area (Å²) in [6, 6.07) is 0. The minimum absolute atomic E-state index is 0.0302. The van der Waals surface area contributed by atoms with E-state index >= 15 is 0 Å². The smallest absolute Gasteiger partial charge is 0.305 e. The number of esters is 2. The van der Waals surface area contributed by atoms with E-state index in [0.717, 1.165) is 64.2 Å². The number of Topliss-reactive ketones (excluding diaryl/α,β-unsaturated/α-hetero) is 1. The van der Waals surface area contributed by atoms with E-state index in [1.807, 2.05) is 0 Å². The molecular formula is C45H86O5. The monoisotopic (exact) mass is 707 g/mol. The lowest BCUT2D eigenvalue weighted by Crippen LogP contribution is -2.14. The van der Waals surface area contributed by atoms with Gasteiger partial charge in [0.05, 0.1) is 13.2 Å². The summed E-state index contributed by atoms with van der Waals surface area (Å²) in [5.74, 6) is 1.38.